The van der Waals surface area contributed by atoms with Crippen LogP contribution in [-0.2, 0) is 23.7 Å². The number of nitrogens with one attached hydrogen (secondary N) is 1. The monoisotopic (exact) mass is 1050 g/mol. The average molecular weight is 1050 g/mol. The summed E-state index contributed by atoms with van der Waals surface area (Å²) in [6, 6.07) is -0.924. The molecule has 2 rings (SSSR count). The van der Waals surface area contributed by atoms with Crippen LogP contribution in [-0.4, -0.2) is 140 Å². The van der Waals surface area contributed by atoms with E-state index >= 15 is 0 Å². The zero-order valence-corrected chi connectivity index (χ0v) is 45.6. The molecule has 0 bridgehead atoms. The van der Waals surface area contributed by atoms with Crippen LogP contribution in [0, 0.1) is 0 Å². The lowest BCUT2D eigenvalue weighted by molar-refractivity contribution is -0.359. The number of carbonyl (C=O) groups excluding carboxylic acids is 1. The predicted molar refractivity (Wildman–Crippen MR) is 295 cm³/mol. The summed E-state index contributed by atoms with van der Waals surface area (Å²) in [4.78, 5) is 13.2. The van der Waals surface area contributed by atoms with Crippen LogP contribution in [0.4, 0.5) is 0 Å². The van der Waals surface area contributed by atoms with Gasteiger partial charge in [0, 0.05) is 6.42 Å². The number of hydrogen-bond donors (Lipinski definition) is 9. The lowest BCUT2D eigenvalue weighted by atomic mass is 9.97. The van der Waals surface area contributed by atoms with Crippen LogP contribution in [0.25, 0.3) is 0 Å². The van der Waals surface area contributed by atoms with E-state index < -0.39 is 86.8 Å². The second-order valence-corrected chi connectivity index (χ2v) is 20.0. The van der Waals surface area contributed by atoms with Gasteiger partial charge in [-0.3, -0.25) is 4.79 Å². The largest absolute Gasteiger partial charge is 0.394 e. The molecule has 12 atom stereocenters. The third-order valence-electron chi connectivity index (χ3n) is 13.6. The Morgan fingerprint density at radius 2 is 0.932 bits per heavy atom. The molecule has 1 amide bonds. The maximum atomic E-state index is 13.2. The molecular weight excluding hydrogens is 943 g/mol. The molecule has 2 fully saturated rings. The maximum absolute atomic E-state index is 13.2. The number of rotatable bonds is 44. The molecule has 12 unspecified atom stereocenters. The van der Waals surface area contributed by atoms with Crippen molar-refractivity contribution in [3.05, 3.63) is 85.1 Å². The molecule has 426 valence electrons. The topological polar surface area (TPSA) is 228 Å². The molecular formula is C60H103NO13. The number of aliphatic hydroxyl groups excluding tert-OH is 8. The fourth-order valence-corrected chi connectivity index (χ4v) is 8.94. The molecule has 2 saturated heterocycles. The summed E-state index contributed by atoms with van der Waals surface area (Å²) in [6.45, 7) is 2.65. The summed E-state index contributed by atoms with van der Waals surface area (Å²) >= 11 is 0. The second kappa shape index (κ2) is 45.2. The smallest absolute Gasteiger partial charge is 0.220 e. The number of aliphatic hydroxyl groups is 8. The highest BCUT2D eigenvalue weighted by Gasteiger charge is 2.51. The van der Waals surface area contributed by atoms with Crippen LogP contribution < -0.4 is 5.32 Å². The number of amides is 1. The van der Waals surface area contributed by atoms with E-state index in [1.165, 1.54) is 77.0 Å². The summed E-state index contributed by atoms with van der Waals surface area (Å²) in [5.74, 6) is -0.253. The van der Waals surface area contributed by atoms with Crippen molar-refractivity contribution in [3.63, 3.8) is 0 Å². The lowest BCUT2D eigenvalue weighted by Gasteiger charge is -2.46. The average Bonchev–Trinajstić information content (AvgIpc) is 3.40. The SMILES string of the molecule is CC/C=C\C/C=C\C/C=C\C/C=C\C/C=C\C/C=C\CCCCCCCCCCC(=O)NC(COC1OC(CO)C(OC2OC(CO)C(O)C(O)C2O)C(O)C1O)C(O)/C=C/CCCCCCCCCCCCC. The Labute approximate surface area is 446 Å². The molecule has 9 N–H and O–H groups in total. The third kappa shape index (κ3) is 30.8. The fraction of sp³-hybridized carbons (Fsp3) is 0.750. The summed E-state index contributed by atoms with van der Waals surface area (Å²) < 4.78 is 22.7. The number of hydrogen-bond acceptors (Lipinski definition) is 13. The van der Waals surface area contributed by atoms with Gasteiger partial charge in [-0.15, -0.1) is 0 Å². The van der Waals surface area contributed by atoms with E-state index in [4.69, 9.17) is 18.9 Å². The molecule has 14 nitrogen and oxygen atoms in total. The van der Waals surface area contributed by atoms with Gasteiger partial charge in [-0.2, -0.15) is 0 Å². The Hall–Kier alpha value is -2.83. The molecule has 2 aliphatic rings. The first-order chi connectivity index (χ1) is 36.1. The van der Waals surface area contributed by atoms with E-state index in [1.807, 2.05) is 6.08 Å². The minimum absolute atomic E-state index is 0.253. The molecule has 0 spiro atoms. The standard InChI is InChI=1S/C60H103NO13/c1-3-5-7-9-11-13-15-17-18-19-20-21-22-23-24-25-26-27-28-29-30-32-34-36-38-40-42-44-52(65)61-48(49(64)43-41-39-37-35-33-31-16-14-12-10-8-6-4-2)47-71-59-57(70)55(68)58(51(46-63)73-59)74-60-56(69)54(67)53(66)50(45-62)72-60/h5,7,11,13,17-18,20-21,23-24,26-27,41,43,48-51,53-60,62-64,66-70H,3-4,6,8-10,12,14-16,19,22,25,28-40,42,44-47H2,1-2H3,(H,61,65)/b7-5-,13-11-,18-17-,21-20-,24-23-,27-26-,43-41+. The molecule has 0 aromatic heterocycles. The number of ether oxygens (including phenoxy) is 4. The highest BCUT2D eigenvalue weighted by atomic mass is 16.7. The summed E-state index contributed by atoms with van der Waals surface area (Å²) in [6.07, 6.45) is 43.3. The first-order valence-electron chi connectivity index (χ1n) is 28.8. The first-order valence-corrected chi connectivity index (χ1v) is 28.8. The number of allylic oxidation sites excluding steroid dienone is 13. The van der Waals surface area contributed by atoms with Gasteiger partial charge >= 0.3 is 0 Å². The van der Waals surface area contributed by atoms with Gasteiger partial charge < -0.3 is 65.1 Å². The van der Waals surface area contributed by atoms with E-state index in [0.29, 0.717) is 6.42 Å². The van der Waals surface area contributed by atoms with Crippen molar-refractivity contribution in [2.75, 3.05) is 19.8 Å². The van der Waals surface area contributed by atoms with Crippen molar-refractivity contribution < 1.29 is 64.6 Å². The van der Waals surface area contributed by atoms with Crippen molar-refractivity contribution >= 4 is 5.91 Å². The van der Waals surface area contributed by atoms with E-state index in [-0.39, 0.29) is 18.9 Å². The quantitative estimate of drug-likeness (QED) is 0.0205. The van der Waals surface area contributed by atoms with Crippen molar-refractivity contribution in [3.8, 4) is 0 Å². The molecule has 74 heavy (non-hydrogen) atoms. The van der Waals surface area contributed by atoms with E-state index in [0.717, 1.165) is 89.9 Å². The minimum Gasteiger partial charge on any atom is -0.394 e. The van der Waals surface area contributed by atoms with Crippen LogP contribution in [0.15, 0.2) is 85.1 Å². The van der Waals surface area contributed by atoms with Crippen LogP contribution in [0.5, 0.6) is 0 Å². The predicted octanol–water partition coefficient (Wildman–Crippen LogP) is 9.33. The minimum atomic E-state index is -1.79. The molecule has 2 aliphatic heterocycles. The lowest BCUT2D eigenvalue weighted by Crippen LogP contribution is -2.65. The van der Waals surface area contributed by atoms with Gasteiger partial charge in [-0.1, -0.05) is 202 Å². The Morgan fingerprint density at radius 3 is 1.43 bits per heavy atom. The zero-order chi connectivity index (χ0) is 53.9. The first kappa shape index (κ1) is 67.3. The van der Waals surface area contributed by atoms with Gasteiger partial charge in [0.15, 0.2) is 12.6 Å². The number of carbonyl (C=O) groups is 1. The Bertz CT molecular complexity index is 1560. The summed E-state index contributed by atoms with van der Waals surface area (Å²) in [7, 11) is 0. The second-order valence-electron chi connectivity index (χ2n) is 20.0. The van der Waals surface area contributed by atoms with Gasteiger partial charge in [-0.05, 0) is 70.6 Å². The molecule has 0 saturated carbocycles. The van der Waals surface area contributed by atoms with Crippen LogP contribution in [0.3, 0.4) is 0 Å². The molecule has 0 radical (unpaired) electrons. The fourth-order valence-electron chi connectivity index (χ4n) is 8.94. The van der Waals surface area contributed by atoms with Crippen LogP contribution >= 0.6 is 0 Å². The van der Waals surface area contributed by atoms with Gasteiger partial charge in [0.2, 0.25) is 5.91 Å². The molecule has 0 aliphatic carbocycles. The molecule has 0 aromatic rings. The van der Waals surface area contributed by atoms with Gasteiger partial charge in [0.25, 0.3) is 0 Å². The Balaban J connectivity index is 1.75. The molecule has 2 heterocycles. The van der Waals surface area contributed by atoms with Crippen LogP contribution in [0.2, 0.25) is 0 Å². The van der Waals surface area contributed by atoms with Gasteiger partial charge in [-0.25, -0.2) is 0 Å². The Morgan fingerprint density at radius 1 is 0.500 bits per heavy atom. The van der Waals surface area contributed by atoms with Gasteiger partial charge in [0.1, 0.15) is 48.8 Å². The molecule has 0 aromatic carbocycles. The Kier molecular flexibility index (Phi) is 41.1. The van der Waals surface area contributed by atoms with Gasteiger partial charge in [0.05, 0.1) is 32.0 Å². The highest BCUT2D eigenvalue weighted by Crippen LogP contribution is 2.30. The van der Waals surface area contributed by atoms with Crippen molar-refractivity contribution in [1.29, 1.82) is 0 Å². The zero-order valence-electron chi connectivity index (χ0n) is 45.6. The maximum Gasteiger partial charge on any atom is 0.220 e. The van der Waals surface area contributed by atoms with Crippen molar-refractivity contribution in [2.45, 2.75) is 267 Å². The van der Waals surface area contributed by atoms with E-state index in [2.05, 4.69) is 92.1 Å². The molecule has 14 heteroatoms. The van der Waals surface area contributed by atoms with E-state index in [1.54, 1.807) is 6.08 Å². The normalized spacial score (nSPS) is 25.9. The summed E-state index contributed by atoms with van der Waals surface area (Å²) in [5, 5.41) is 86.9. The van der Waals surface area contributed by atoms with Crippen LogP contribution in [0.1, 0.15) is 194 Å². The summed E-state index contributed by atoms with van der Waals surface area (Å²) in [5.41, 5.74) is 0. The number of unbranched alkanes of at least 4 members (excludes halogenated alkanes) is 19. The van der Waals surface area contributed by atoms with Crippen molar-refractivity contribution in [2.24, 2.45) is 0 Å². The van der Waals surface area contributed by atoms with E-state index in [9.17, 15) is 45.6 Å². The third-order valence-corrected chi connectivity index (χ3v) is 13.6. The highest BCUT2D eigenvalue weighted by molar-refractivity contribution is 5.76. The van der Waals surface area contributed by atoms with Crippen molar-refractivity contribution in [1.82, 2.24) is 5.32 Å².